The van der Waals surface area contributed by atoms with Crippen LogP contribution in [0.25, 0.3) is 5.76 Å². The highest BCUT2D eigenvalue weighted by molar-refractivity contribution is 6.46. The number of aryl methyl sites for hydroxylation is 2. The zero-order valence-electron chi connectivity index (χ0n) is 18.5. The highest BCUT2D eigenvalue weighted by Crippen LogP contribution is 2.40. The molecule has 0 aromatic heterocycles. The van der Waals surface area contributed by atoms with E-state index in [4.69, 9.17) is 9.47 Å². The van der Waals surface area contributed by atoms with Gasteiger partial charge in [-0.1, -0.05) is 29.8 Å². The van der Waals surface area contributed by atoms with E-state index in [9.17, 15) is 14.7 Å². The SMILES string of the molecule is CCOc1ccc(C2C(=C(O)c3cc(C)ccc3C)C(=O)C(=O)N2CCCOC)cc1. The van der Waals surface area contributed by atoms with Gasteiger partial charge < -0.3 is 19.5 Å². The smallest absolute Gasteiger partial charge is 0.295 e. The van der Waals surface area contributed by atoms with Gasteiger partial charge in [0.15, 0.2) is 0 Å². The van der Waals surface area contributed by atoms with Crippen molar-refractivity contribution in [2.24, 2.45) is 0 Å². The predicted octanol–water partition coefficient (Wildman–Crippen LogP) is 4.16. The third-order valence-corrected chi connectivity index (χ3v) is 5.44. The summed E-state index contributed by atoms with van der Waals surface area (Å²) in [6.07, 6.45) is 0.584. The number of likely N-dealkylation sites (tertiary alicyclic amines) is 1. The minimum absolute atomic E-state index is 0.111. The summed E-state index contributed by atoms with van der Waals surface area (Å²) in [6, 6.07) is 12.3. The van der Waals surface area contributed by atoms with Gasteiger partial charge in [0.05, 0.1) is 18.2 Å². The number of rotatable bonds is 8. The van der Waals surface area contributed by atoms with Crippen molar-refractivity contribution in [1.29, 1.82) is 0 Å². The van der Waals surface area contributed by atoms with Crippen molar-refractivity contribution in [3.05, 3.63) is 70.3 Å². The molecule has 164 valence electrons. The summed E-state index contributed by atoms with van der Waals surface area (Å²) in [5, 5.41) is 11.2. The third-order valence-electron chi connectivity index (χ3n) is 5.44. The van der Waals surface area contributed by atoms with Crippen LogP contribution in [0.2, 0.25) is 0 Å². The zero-order chi connectivity index (χ0) is 22.5. The summed E-state index contributed by atoms with van der Waals surface area (Å²) in [5.74, 6) is -0.721. The maximum absolute atomic E-state index is 13.0. The van der Waals surface area contributed by atoms with Crippen molar-refractivity contribution in [1.82, 2.24) is 4.90 Å². The van der Waals surface area contributed by atoms with Crippen molar-refractivity contribution >= 4 is 17.4 Å². The van der Waals surface area contributed by atoms with Crippen LogP contribution >= 0.6 is 0 Å². The van der Waals surface area contributed by atoms with Gasteiger partial charge in [-0.2, -0.15) is 0 Å². The van der Waals surface area contributed by atoms with Gasteiger partial charge in [-0.15, -0.1) is 0 Å². The number of methoxy groups -OCH3 is 1. The van der Waals surface area contributed by atoms with Crippen LogP contribution in [0.5, 0.6) is 5.75 Å². The Morgan fingerprint density at radius 2 is 1.81 bits per heavy atom. The van der Waals surface area contributed by atoms with Gasteiger partial charge in [-0.3, -0.25) is 9.59 Å². The van der Waals surface area contributed by atoms with Crippen molar-refractivity contribution in [2.75, 3.05) is 26.9 Å². The molecule has 6 nitrogen and oxygen atoms in total. The lowest BCUT2D eigenvalue weighted by Gasteiger charge is -2.25. The summed E-state index contributed by atoms with van der Waals surface area (Å²) < 4.78 is 10.6. The predicted molar refractivity (Wildman–Crippen MR) is 119 cm³/mol. The van der Waals surface area contributed by atoms with Crippen LogP contribution in [0.1, 0.15) is 41.6 Å². The lowest BCUT2D eigenvalue weighted by Crippen LogP contribution is -2.31. The molecular weight excluding hydrogens is 394 g/mol. The normalized spacial score (nSPS) is 17.9. The Morgan fingerprint density at radius 1 is 1.10 bits per heavy atom. The third kappa shape index (κ3) is 4.64. The fourth-order valence-corrected chi connectivity index (χ4v) is 3.89. The number of amides is 1. The van der Waals surface area contributed by atoms with Crippen LogP contribution in [-0.2, 0) is 14.3 Å². The Morgan fingerprint density at radius 3 is 2.45 bits per heavy atom. The Bertz CT molecular complexity index is 993. The summed E-state index contributed by atoms with van der Waals surface area (Å²) >= 11 is 0. The van der Waals surface area contributed by atoms with Crippen LogP contribution in [-0.4, -0.2) is 48.6 Å². The van der Waals surface area contributed by atoms with Crippen LogP contribution in [0.15, 0.2) is 48.0 Å². The molecule has 31 heavy (non-hydrogen) atoms. The topological polar surface area (TPSA) is 76.1 Å². The Balaban J connectivity index is 2.13. The van der Waals surface area contributed by atoms with Crippen LogP contribution in [0.4, 0.5) is 0 Å². The first-order valence-corrected chi connectivity index (χ1v) is 10.5. The molecule has 2 aromatic carbocycles. The average molecular weight is 424 g/mol. The molecule has 2 aromatic rings. The second kappa shape index (κ2) is 9.79. The number of ketones is 1. The monoisotopic (exact) mass is 423 g/mol. The molecule has 1 atom stereocenters. The minimum atomic E-state index is -0.674. The number of hydrogen-bond acceptors (Lipinski definition) is 5. The summed E-state index contributed by atoms with van der Waals surface area (Å²) in [7, 11) is 1.60. The van der Waals surface area contributed by atoms with Crippen molar-refractivity contribution < 1.29 is 24.2 Å². The first-order valence-electron chi connectivity index (χ1n) is 10.5. The number of benzene rings is 2. The number of ether oxygens (including phenoxy) is 2. The fraction of sp³-hybridized carbons (Fsp3) is 0.360. The first-order chi connectivity index (χ1) is 14.9. The van der Waals surface area contributed by atoms with Crippen LogP contribution in [0.3, 0.4) is 0 Å². The molecule has 0 spiro atoms. The van der Waals surface area contributed by atoms with Crippen molar-refractivity contribution in [3.8, 4) is 5.75 Å². The largest absolute Gasteiger partial charge is 0.507 e. The maximum Gasteiger partial charge on any atom is 0.295 e. The molecule has 1 unspecified atom stereocenters. The number of aliphatic hydroxyl groups is 1. The quantitative estimate of drug-likeness (QED) is 0.299. The average Bonchev–Trinajstić information content (AvgIpc) is 3.01. The van der Waals surface area contributed by atoms with Crippen LogP contribution in [0, 0.1) is 13.8 Å². The van der Waals surface area contributed by atoms with E-state index in [1.54, 1.807) is 7.11 Å². The van der Waals surface area contributed by atoms with E-state index in [2.05, 4.69) is 0 Å². The van der Waals surface area contributed by atoms with Gasteiger partial charge >= 0.3 is 0 Å². The number of carbonyl (C=O) groups excluding carboxylic acids is 2. The standard InChI is InChI=1S/C25H29NO5/c1-5-31-19-11-9-18(10-12-19)22-21(23(27)20-15-16(2)7-8-17(20)3)24(28)25(29)26(22)13-6-14-30-4/h7-12,15,22,27H,5-6,13-14H2,1-4H3. The number of nitrogens with zero attached hydrogens (tertiary/aromatic N) is 1. The molecule has 0 saturated carbocycles. The number of carbonyl (C=O) groups is 2. The molecule has 6 heteroatoms. The lowest BCUT2D eigenvalue weighted by atomic mass is 9.93. The van der Waals surface area contributed by atoms with Crippen molar-refractivity contribution in [2.45, 2.75) is 33.2 Å². The zero-order valence-corrected chi connectivity index (χ0v) is 18.5. The number of Topliss-reactive ketones (excluding diaryl/α,β-unsaturated/α-hetero) is 1. The molecule has 3 rings (SSSR count). The van der Waals surface area contributed by atoms with Gasteiger partial charge in [-0.25, -0.2) is 0 Å². The van der Waals surface area contributed by atoms with E-state index in [1.807, 2.05) is 63.2 Å². The van der Waals surface area contributed by atoms with E-state index < -0.39 is 17.7 Å². The highest BCUT2D eigenvalue weighted by atomic mass is 16.5. The molecule has 1 heterocycles. The van der Waals surface area contributed by atoms with Crippen LogP contribution < -0.4 is 4.74 Å². The van der Waals surface area contributed by atoms with Crippen molar-refractivity contribution in [3.63, 3.8) is 0 Å². The second-order valence-corrected chi connectivity index (χ2v) is 7.66. The lowest BCUT2D eigenvalue weighted by molar-refractivity contribution is -0.140. The van der Waals surface area contributed by atoms with Gasteiger partial charge in [0.1, 0.15) is 11.5 Å². The van der Waals surface area contributed by atoms with Gasteiger partial charge in [-0.05, 0) is 56.5 Å². The molecule has 1 N–H and O–H groups in total. The molecule has 1 fully saturated rings. The number of aliphatic hydroxyl groups excluding tert-OH is 1. The molecule has 1 aliphatic rings. The Hall–Kier alpha value is -3.12. The number of hydrogen-bond donors (Lipinski definition) is 1. The highest BCUT2D eigenvalue weighted by Gasteiger charge is 2.45. The molecule has 1 aliphatic heterocycles. The summed E-state index contributed by atoms with van der Waals surface area (Å²) in [6.45, 7) is 7.05. The fourth-order valence-electron chi connectivity index (χ4n) is 3.89. The minimum Gasteiger partial charge on any atom is -0.507 e. The molecule has 0 bridgehead atoms. The van der Waals surface area contributed by atoms with Gasteiger partial charge in [0, 0.05) is 25.8 Å². The molecule has 0 radical (unpaired) electrons. The molecule has 1 amide bonds. The maximum atomic E-state index is 13.0. The Kier molecular flexibility index (Phi) is 7.13. The molecule has 0 aliphatic carbocycles. The van der Waals surface area contributed by atoms with E-state index in [0.29, 0.717) is 37.5 Å². The van der Waals surface area contributed by atoms with Gasteiger partial charge in [0.2, 0.25) is 0 Å². The van der Waals surface area contributed by atoms with E-state index >= 15 is 0 Å². The van der Waals surface area contributed by atoms with Gasteiger partial charge in [0.25, 0.3) is 11.7 Å². The molecular formula is C25H29NO5. The summed E-state index contributed by atoms with van der Waals surface area (Å²) in [4.78, 5) is 27.5. The second-order valence-electron chi connectivity index (χ2n) is 7.66. The van der Waals surface area contributed by atoms with E-state index in [0.717, 1.165) is 16.7 Å². The first kappa shape index (κ1) is 22.6. The van der Waals surface area contributed by atoms with E-state index in [1.165, 1.54) is 4.90 Å². The van der Waals surface area contributed by atoms with E-state index in [-0.39, 0.29) is 11.3 Å². The molecule has 1 saturated heterocycles. The summed E-state index contributed by atoms with van der Waals surface area (Å²) in [5.41, 5.74) is 3.20. The Labute approximate surface area is 183 Å².